The number of aliphatic imine (C=N–C) groups is 1. The highest BCUT2D eigenvalue weighted by molar-refractivity contribution is 14.0. The molecule has 23 heavy (non-hydrogen) atoms. The van der Waals surface area contributed by atoms with Crippen molar-refractivity contribution in [3.63, 3.8) is 0 Å². The molecule has 0 aromatic heterocycles. The lowest BCUT2D eigenvalue weighted by molar-refractivity contribution is 0.261. The Kier molecular flexibility index (Phi) is 9.55. The molecule has 1 aliphatic heterocycles. The standard InChI is InChI=1S/C18H30N4.HI/c1-4-15(3)21-18(19-5-2)20-11-13-22-12-10-16-8-6-7-9-17(16)14-22;/h6-9,15H,4-5,10-14H2,1-3H3,(H2,19,20,21);1H. The first-order chi connectivity index (χ1) is 10.7. The maximum absolute atomic E-state index is 4.70. The molecule has 0 radical (unpaired) electrons. The molecule has 1 heterocycles. The number of halogens is 1. The molecular weight excluding hydrogens is 399 g/mol. The maximum atomic E-state index is 4.70. The smallest absolute Gasteiger partial charge is 0.191 e. The molecule has 1 unspecified atom stereocenters. The van der Waals surface area contributed by atoms with Gasteiger partial charge >= 0.3 is 0 Å². The van der Waals surface area contributed by atoms with E-state index >= 15 is 0 Å². The topological polar surface area (TPSA) is 39.7 Å². The van der Waals surface area contributed by atoms with Crippen LogP contribution in [0.5, 0.6) is 0 Å². The van der Waals surface area contributed by atoms with Crippen LogP contribution >= 0.6 is 24.0 Å². The van der Waals surface area contributed by atoms with Crippen LogP contribution in [0, 0.1) is 0 Å². The van der Waals surface area contributed by atoms with E-state index in [1.165, 1.54) is 11.1 Å². The molecule has 2 N–H and O–H groups in total. The van der Waals surface area contributed by atoms with Crippen LogP contribution in [0.25, 0.3) is 0 Å². The average molecular weight is 430 g/mol. The van der Waals surface area contributed by atoms with E-state index in [4.69, 9.17) is 4.99 Å². The molecule has 5 heteroatoms. The quantitative estimate of drug-likeness (QED) is 0.414. The number of hydrogen-bond acceptors (Lipinski definition) is 2. The maximum Gasteiger partial charge on any atom is 0.191 e. The summed E-state index contributed by atoms with van der Waals surface area (Å²) in [6.45, 7) is 11.4. The lowest BCUT2D eigenvalue weighted by Crippen LogP contribution is -2.42. The van der Waals surface area contributed by atoms with Gasteiger partial charge in [0.1, 0.15) is 0 Å². The molecule has 1 atom stereocenters. The van der Waals surface area contributed by atoms with E-state index < -0.39 is 0 Å². The van der Waals surface area contributed by atoms with Crippen molar-refractivity contribution in [1.82, 2.24) is 15.5 Å². The van der Waals surface area contributed by atoms with Crippen molar-refractivity contribution in [3.05, 3.63) is 35.4 Å². The van der Waals surface area contributed by atoms with Crippen LogP contribution in [-0.4, -0.2) is 43.1 Å². The van der Waals surface area contributed by atoms with E-state index in [-0.39, 0.29) is 24.0 Å². The van der Waals surface area contributed by atoms with E-state index in [2.05, 4.69) is 60.6 Å². The molecule has 0 saturated carbocycles. The summed E-state index contributed by atoms with van der Waals surface area (Å²) in [5, 5.41) is 6.76. The minimum absolute atomic E-state index is 0. The molecule has 2 rings (SSSR count). The van der Waals surface area contributed by atoms with Gasteiger partial charge in [0.05, 0.1) is 6.54 Å². The lowest BCUT2D eigenvalue weighted by Gasteiger charge is -2.28. The molecule has 0 saturated heterocycles. The molecule has 0 bridgehead atoms. The van der Waals surface area contributed by atoms with Crippen LogP contribution < -0.4 is 10.6 Å². The number of nitrogens with one attached hydrogen (secondary N) is 2. The van der Waals surface area contributed by atoms with Gasteiger partial charge in [-0.15, -0.1) is 24.0 Å². The molecule has 4 nitrogen and oxygen atoms in total. The molecule has 0 amide bonds. The summed E-state index contributed by atoms with van der Waals surface area (Å²) in [6.07, 6.45) is 2.26. The van der Waals surface area contributed by atoms with Gasteiger partial charge in [0, 0.05) is 32.2 Å². The van der Waals surface area contributed by atoms with Gasteiger partial charge in [0.25, 0.3) is 0 Å². The van der Waals surface area contributed by atoms with Crippen molar-refractivity contribution in [3.8, 4) is 0 Å². The Balaban J connectivity index is 0.00000264. The number of fused-ring (bicyclic) bond motifs is 1. The van der Waals surface area contributed by atoms with Crippen LogP contribution in [0.3, 0.4) is 0 Å². The minimum atomic E-state index is 0. The van der Waals surface area contributed by atoms with Gasteiger partial charge in [-0.25, -0.2) is 0 Å². The zero-order chi connectivity index (χ0) is 15.8. The van der Waals surface area contributed by atoms with Crippen molar-refractivity contribution in [2.75, 3.05) is 26.2 Å². The Morgan fingerprint density at radius 1 is 1.26 bits per heavy atom. The van der Waals surface area contributed by atoms with E-state index in [1.54, 1.807) is 0 Å². The van der Waals surface area contributed by atoms with E-state index in [0.29, 0.717) is 6.04 Å². The van der Waals surface area contributed by atoms with Crippen molar-refractivity contribution in [2.24, 2.45) is 4.99 Å². The molecule has 0 spiro atoms. The van der Waals surface area contributed by atoms with Gasteiger partial charge in [0.15, 0.2) is 5.96 Å². The predicted octanol–water partition coefficient (Wildman–Crippen LogP) is 3.02. The summed E-state index contributed by atoms with van der Waals surface area (Å²) in [5.41, 5.74) is 2.98. The largest absolute Gasteiger partial charge is 0.357 e. The second-order valence-corrected chi connectivity index (χ2v) is 6.01. The van der Waals surface area contributed by atoms with E-state index in [0.717, 1.165) is 51.5 Å². The fraction of sp³-hybridized carbons (Fsp3) is 0.611. The lowest BCUT2D eigenvalue weighted by atomic mass is 10.0. The summed E-state index contributed by atoms with van der Waals surface area (Å²) in [7, 11) is 0. The van der Waals surface area contributed by atoms with Crippen LogP contribution in [0.1, 0.15) is 38.3 Å². The molecule has 1 aromatic rings. The Hall–Kier alpha value is -0.820. The van der Waals surface area contributed by atoms with Crippen LogP contribution in [0.2, 0.25) is 0 Å². The molecule has 0 fully saturated rings. The Morgan fingerprint density at radius 3 is 2.70 bits per heavy atom. The summed E-state index contributed by atoms with van der Waals surface area (Å²) in [4.78, 5) is 7.20. The van der Waals surface area contributed by atoms with Gasteiger partial charge in [-0.2, -0.15) is 0 Å². The van der Waals surface area contributed by atoms with E-state index in [9.17, 15) is 0 Å². The minimum Gasteiger partial charge on any atom is -0.357 e. The molecule has 130 valence electrons. The first-order valence-electron chi connectivity index (χ1n) is 8.57. The summed E-state index contributed by atoms with van der Waals surface area (Å²) >= 11 is 0. The number of rotatable bonds is 6. The fourth-order valence-corrected chi connectivity index (χ4v) is 2.70. The number of benzene rings is 1. The number of nitrogens with zero attached hydrogens (tertiary/aromatic N) is 2. The zero-order valence-corrected chi connectivity index (χ0v) is 17.0. The summed E-state index contributed by atoms with van der Waals surface area (Å²) < 4.78 is 0. The predicted molar refractivity (Wildman–Crippen MR) is 110 cm³/mol. The zero-order valence-electron chi connectivity index (χ0n) is 14.6. The average Bonchev–Trinajstić information content (AvgIpc) is 2.54. The van der Waals surface area contributed by atoms with Crippen LogP contribution in [-0.2, 0) is 13.0 Å². The third-order valence-corrected chi connectivity index (χ3v) is 4.24. The second kappa shape index (κ2) is 10.9. The van der Waals surface area contributed by atoms with E-state index in [1.807, 2.05) is 0 Å². The first-order valence-corrected chi connectivity index (χ1v) is 8.57. The van der Waals surface area contributed by atoms with Gasteiger partial charge < -0.3 is 10.6 Å². The van der Waals surface area contributed by atoms with Crippen molar-refractivity contribution in [1.29, 1.82) is 0 Å². The fourth-order valence-electron chi connectivity index (χ4n) is 2.70. The Bertz CT molecular complexity index is 490. The van der Waals surface area contributed by atoms with Gasteiger partial charge in [-0.3, -0.25) is 9.89 Å². The Labute approximate surface area is 158 Å². The molecule has 1 aromatic carbocycles. The monoisotopic (exact) mass is 430 g/mol. The van der Waals surface area contributed by atoms with Crippen molar-refractivity contribution in [2.45, 2.75) is 46.2 Å². The SMILES string of the molecule is CCNC(=NCCN1CCc2ccccc2C1)NC(C)CC.I. The van der Waals surface area contributed by atoms with Crippen molar-refractivity contribution >= 4 is 29.9 Å². The molecule has 0 aliphatic carbocycles. The molecular formula is C18H31IN4. The third kappa shape index (κ3) is 6.67. The van der Waals surface area contributed by atoms with Gasteiger partial charge in [-0.05, 0) is 37.8 Å². The third-order valence-electron chi connectivity index (χ3n) is 4.24. The highest BCUT2D eigenvalue weighted by atomic mass is 127. The number of guanidine groups is 1. The van der Waals surface area contributed by atoms with Crippen LogP contribution in [0.4, 0.5) is 0 Å². The molecule has 1 aliphatic rings. The first kappa shape index (κ1) is 20.2. The second-order valence-electron chi connectivity index (χ2n) is 6.01. The number of hydrogen-bond donors (Lipinski definition) is 2. The summed E-state index contributed by atoms with van der Waals surface area (Å²) in [5.74, 6) is 0.939. The van der Waals surface area contributed by atoms with Crippen LogP contribution in [0.15, 0.2) is 29.3 Å². The summed E-state index contributed by atoms with van der Waals surface area (Å²) in [6, 6.07) is 9.24. The highest BCUT2D eigenvalue weighted by Crippen LogP contribution is 2.17. The van der Waals surface area contributed by atoms with Gasteiger partial charge in [-0.1, -0.05) is 31.2 Å². The highest BCUT2D eigenvalue weighted by Gasteiger charge is 2.14. The Morgan fingerprint density at radius 2 is 2.00 bits per heavy atom. The van der Waals surface area contributed by atoms with Gasteiger partial charge in [0.2, 0.25) is 0 Å². The van der Waals surface area contributed by atoms with Crippen molar-refractivity contribution < 1.29 is 0 Å². The normalized spacial score (nSPS) is 16.2.